The van der Waals surface area contributed by atoms with E-state index in [1.54, 1.807) is 14.2 Å². The van der Waals surface area contributed by atoms with Gasteiger partial charge in [-0.3, -0.25) is 0 Å². The average Bonchev–Trinajstić information content (AvgIpc) is 2.76. The molecule has 1 N–H and O–H groups in total. The monoisotopic (exact) mass is 250 g/mol. The van der Waals surface area contributed by atoms with Gasteiger partial charge in [0, 0.05) is 0 Å². The van der Waals surface area contributed by atoms with E-state index >= 15 is 0 Å². The van der Waals surface area contributed by atoms with Gasteiger partial charge in [-0.05, 0) is 55.4 Å². The minimum absolute atomic E-state index is 0.165. The van der Waals surface area contributed by atoms with E-state index in [1.807, 2.05) is 19.1 Å². The quantitative estimate of drug-likeness (QED) is 0.893. The topological polar surface area (TPSA) is 38.7 Å². The molecule has 0 amide bonds. The van der Waals surface area contributed by atoms with Gasteiger partial charge < -0.3 is 14.6 Å². The third kappa shape index (κ3) is 2.61. The van der Waals surface area contributed by atoms with Crippen molar-refractivity contribution < 1.29 is 14.6 Å². The van der Waals surface area contributed by atoms with E-state index in [-0.39, 0.29) is 6.10 Å². The Morgan fingerprint density at radius 2 is 1.89 bits per heavy atom. The Morgan fingerprint density at radius 3 is 2.44 bits per heavy atom. The highest BCUT2D eigenvalue weighted by molar-refractivity contribution is 5.46. The first kappa shape index (κ1) is 13.2. The van der Waals surface area contributed by atoms with Gasteiger partial charge in [-0.2, -0.15) is 0 Å². The Morgan fingerprint density at radius 1 is 1.17 bits per heavy atom. The van der Waals surface area contributed by atoms with E-state index in [4.69, 9.17) is 9.47 Å². The third-order valence-corrected chi connectivity index (χ3v) is 3.90. The first-order valence-electron chi connectivity index (χ1n) is 6.55. The summed E-state index contributed by atoms with van der Waals surface area (Å²) in [6.07, 6.45) is 3.84. The van der Waals surface area contributed by atoms with Gasteiger partial charge in [0.2, 0.25) is 0 Å². The maximum absolute atomic E-state index is 9.92. The molecule has 0 spiro atoms. The summed E-state index contributed by atoms with van der Waals surface area (Å²) in [4.78, 5) is 0. The van der Waals surface area contributed by atoms with Gasteiger partial charge in [-0.25, -0.2) is 0 Å². The smallest absolute Gasteiger partial charge is 0.122 e. The SMILES string of the molecule is COc1cc(CC2CCCC2O)c(OC)cc1C. The van der Waals surface area contributed by atoms with E-state index in [2.05, 4.69) is 0 Å². The van der Waals surface area contributed by atoms with Crippen LogP contribution in [0.5, 0.6) is 11.5 Å². The van der Waals surface area contributed by atoms with Gasteiger partial charge in [-0.15, -0.1) is 0 Å². The minimum atomic E-state index is -0.165. The molecule has 0 heterocycles. The lowest BCUT2D eigenvalue weighted by atomic mass is 9.94. The number of aryl methyl sites for hydroxylation is 1. The van der Waals surface area contributed by atoms with Crippen LogP contribution in [0.1, 0.15) is 30.4 Å². The van der Waals surface area contributed by atoms with E-state index in [1.165, 1.54) is 0 Å². The number of aliphatic hydroxyl groups excluding tert-OH is 1. The molecule has 0 radical (unpaired) electrons. The van der Waals surface area contributed by atoms with Gasteiger partial charge in [-0.1, -0.05) is 6.42 Å². The fraction of sp³-hybridized carbons (Fsp3) is 0.600. The summed E-state index contributed by atoms with van der Waals surface area (Å²) >= 11 is 0. The predicted molar refractivity (Wildman–Crippen MR) is 71.3 cm³/mol. The highest BCUT2D eigenvalue weighted by Crippen LogP contribution is 2.34. The zero-order valence-electron chi connectivity index (χ0n) is 11.4. The molecule has 3 heteroatoms. The van der Waals surface area contributed by atoms with Crippen LogP contribution < -0.4 is 9.47 Å². The van der Waals surface area contributed by atoms with Crippen molar-refractivity contribution in [3.05, 3.63) is 23.3 Å². The van der Waals surface area contributed by atoms with E-state index in [0.29, 0.717) is 5.92 Å². The second kappa shape index (κ2) is 5.61. The maximum atomic E-state index is 9.92. The Hall–Kier alpha value is -1.22. The van der Waals surface area contributed by atoms with Gasteiger partial charge >= 0.3 is 0 Å². The molecule has 1 aromatic rings. The van der Waals surface area contributed by atoms with Crippen molar-refractivity contribution in [1.29, 1.82) is 0 Å². The normalized spacial score (nSPS) is 23.1. The van der Waals surface area contributed by atoms with Gasteiger partial charge in [0.05, 0.1) is 20.3 Å². The van der Waals surface area contributed by atoms with Crippen molar-refractivity contribution in [2.24, 2.45) is 5.92 Å². The molecule has 1 aliphatic rings. The summed E-state index contributed by atoms with van der Waals surface area (Å²) in [5.41, 5.74) is 2.20. The fourth-order valence-electron chi connectivity index (χ4n) is 2.81. The van der Waals surface area contributed by atoms with Gasteiger partial charge in [0.25, 0.3) is 0 Å². The molecular weight excluding hydrogens is 228 g/mol. The van der Waals surface area contributed by atoms with Crippen LogP contribution >= 0.6 is 0 Å². The van der Waals surface area contributed by atoms with Crippen LogP contribution in [0.25, 0.3) is 0 Å². The molecule has 1 aliphatic carbocycles. The first-order chi connectivity index (χ1) is 8.65. The average molecular weight is 250 g/mol. The van der Waals surface area contributed by atoms with E-state index < -0.39 is 0 Å². The lowest BCUT2D eigenvalue weighted by Gasteiger charge is -2.18. The van der Waals surface area contributed by atoms with E-state index in [9.17, 15) is 5.11 Å². The molecule has 1 aromatic carbocycles. The summed E-state index contributed by atoms with van der Waals surface area (Å²) in [6, 6.07) is 4.05. The number of methoxy groups -OCH3 is 2. The first-order valence-corrected chi connectivity index (χ1v) is 6.55. The van der Waals surface area contributed by atoms with Crippen LogP contribution in [0.15, 0.2) is 12.1 Å². The lowest BCUT2D eigenvalue weighted by Crippen LogP contribution is -2.16. The van der Waals surface area contributed by atoms with Crippen LogP contribution in [0.3, 0.4) is 0 Å². The summed E-state index contributed by atoms with van der Waals surface area (Å²) in [5.74, 6) is 2.14. The van der Waals surface area contributed by atoms with Crippen molar-refractivity contribution in [3.8, 4) is 11.5 Å². The molecule has 3 nitrogen and oxygen atoms in total. The van der Waals surface area contributed by atoms with Gasteiger partial charge in [0.15, 0.2) is 0 Å². The van der Waals surface area contributed by atoms with Crippen molar-refractivity contribution in [3.63, 3.8) is 0 Å². The summed E-state index contributed by atoms with van der Waals surface area (Å²) in [6.45, 7) is 2.01. The number of hydrogen-bond donors (Lipinski definition) is 1. The molecular formula is C15H22O3. The Bertz CT molecular complexity index is 414. The Kier molecular flexibility index (Phi) is 4.12. The van der Waals surface area contributed by atoms with Crippen molar-refractivity contribution >= 4 is 0 Å². The zero-order valence-corrected chi connectivity index (χ0v) is 11.4. The second-order valence-electron chi connectivity index (χ2n) is 5.10. The number of hydrogen-bond acceptors (Lipinski definition) is 3. The minimum Gasteiger partial charge on any atom is -0.496 e. The van der Waals surface area contributed by atoms with Crippen molar-refractivity contribution in [2.45, 2.75) is 38.7 Å². The highest BCUT2D eigenvalue weighted by Gasteiger charge is 2.26. The molecule has 1 fully saturated rings. The molecule has 0 aromatic heterocycles. The number of ether oxygens (including phenoxy) is 2. The van der Waals surface area contributed by atoms with Crippen molar-refractivity contribution in [1.82, 2.24) is 0 Å². The molecule has 2 atom stereocenters. The van der Waals surface area contributed by atoms with E-state index in [0.717, 1.165) is 48.3 Å². The van der Waals surface area contributed by atoms with Crippen LogP contribution in [-0.2, 0) is 6.42 Å². The molecule has 100 valence electrons. The molecule has 0 saturated heterocycles. The fourth-order valence-corrected chi connectivity index (χ4v) is 2.81. The molecule has 0 bridgehead atoms. The number of benzene rings is 1. The Labute approximate surface area is 109 Å². The third-order valence-electron chi connectivity index (χ3n) is 3.90. The van der Waals surface area contributed by atoms with Crippen LogP contribution in [0.2, 0.25) is 0 Å². The lowest BCUT2D eigenvalue weighted by molar-refractivity contribution is 0.132. The summed E-state index contributed by atoms with van der Waals surface area (Å²) in [7, 11) is 3.37. The number of aliphatic hydroxyl groups is 1. The molecule has 0 aliphatic heterocycles. The van der Waals surface area contributed by atoms with Crippen LogP contribution in [0, 0.1) is 12.8 Å². The van der Waals surface area contributed by atoms with Crippen LogP contribution in [-0.4, -0.2) is 25.4 Å². The summed E-state index contributed by atoms with van der Waals surface area (Å²) in [5, 5.41) is 9.92. The largest absolute Gasteiger partial charge is 0.496 e. The second-order valence-corrected chi connectivity index (χ2v) is 5.10. The highest BCUT2D eigenvalue weighted by atomic mass is 16.5. The molecule has 1 saturated carbocycles. The Balaban J connectivity index is 2.24. The summed E-state index contributed by atoms with van der Waals surface area (Å²) < 4.78 is 10.8. The molecule has 2 unspecified atom stereocenters. The molecule has 2 rings (SSSR count). The van der Waals surface area contributed by atoms with Crippen LogP contribution in [0.4, 0.5) is 0 Å². The number of rotatable bonds is 4. The predicted octanol–water partition coefficient (Wildman–Crippen LogP) is 2.72. The molecule has 18 heavy (non-hydrogen) atoms. The maximum Gasteiger partial charge on any atom is 0.122 e. The standard InChI is InChI=1S/C15H22O3/c1-10-7-15(18-3)12(9-14(10)17-2)8-11-5-4-6-13(11)16/h7,9,11,13,16H,4-6,8H2,1-3H3. The van der Waals surface area contributed by atoms with Crippen molar-refractivity contribution in [2.75, 3.05) is 14.2 Å². The zero-order chi connectivity index (χ0) is 13.1. The van der Waals surface area contributed by atoms with Gasteiger partial charge in [0.1, 0.15) is 11.5 Å².